The van der Waals surface area contributed by atoms with E-state index in [1.807, 2.05) is 43.3 Å². The fourth-order valence-electron chi connectivity index (χ4n) is 2.60. The minimum atomic E-state index is -0.253. The summed E-state index contributed by atoms with van der Waals surface area (Å²) in [7, 11) is 1.60. The maximum Gasteiger partial charge on any atom is 0.243 e. The Morgan fingerprint density at radius 2 is 2.00 bits per heavy atom. The molecule has 6 nitrogen and oxygen atoms in total. The topological polar surface area (TPSA) is 75.4 Å². The lowest BCUT2D eigenvalue weighted by atomic mass is 10.1. The minimum Gasteiger partial charge on any atom is -0.356 e. The van der Waals surface area contributed by atoms with Gasteiger partial charge in [0.25, 0.3) is 0 Å². The third-order valence-electron chi connectivity index (χ3n) is 4.04. The van der Waals surface area contributed by atoms with Crippen LogP contribution in [0.1, 0.15) is 11.3 Å². The van der Waals surface area contributed by atoms with Crippen LogP contribution in [0.25, 0.3) is 11.0 Å². The number of benzene rings is 2. The highest BCUT2D eigenvalue weighted by Gasteiger charge is 2.17. The van der Waals surface area contributed by atoms with E-state index in [0.29, 0.717) is 11.3 Å². The largest absolute Gasteiger partial charge is 0.356 e. The van der Waals surface area contributed by atoms with Gasteiger partial charge in [0.05, 0.1) is 13.0 Å². The highest BCUT2D eigenvalue weighted by Crippen LogP contribution is 2.20. The molecule has 0 fully saturated rings. The van der Waals surface area contributed by atoms with Crippen molar-refractivity contribution in [3.63, 3.8) is 0 Å². The first-order valence-electron chi connectivity index (χ1n) is 8.07. The summed E-state index contributed by atoms with van der Waals surface area (Å²) in [4.78, 5) is 26.0. The average Bonchev–Trinajstić information content (AvgIpc) is 3.00. The summed E-state index contributed by atoms with van der Waals surface area (Å²) in [6.07, 6.45) is 0.0815. The van der Waals surface area contributed by atoms with Gasteiger partial charge in [-0.05, 0) is 42.8 Å². The molecule has 0 unspecified atom stereocenters. The summed E-state index contributed by atoms with van der Waals surface area (Å²) in [5.74, 6) is -0.456. The molecule has 2 amide bonds. The molecule has 0 spiro atoms. The summed E-state index contributed by atoms with van der Waals surface area (Å²) in [5, 5.41) is 7.59. The molecule has 3 aromatic rings. The number of amides is 2. The van der Waals surface area contributed by atoms with Crippen molar-refractivity contribution in [2.24, 2.45) is 0 Å². The van der Waals surface area contributed by atoms with Crippen LogP contribution in [0.15, 0.2) is 51.5 Å². The lowest BCUT2D eigenvalue weighted by Crippen LogP contribution is -2.36. The van der Waals surface area contributed by atoms with Crippen LogP contribution in [0.5, 0.6) is 0 Å². The van der Waals surface area contributed by atoms with Gasteiger partial charge in [0.15, 0.2) is 5.58 Å². The SMILES string of the molecule is Cc1cc(Br)ccc1NC(=O)CN(C)C(=O)Cc1noc2ccccc12. The van der Waals surface area contributed by atoms with Gasteiger partial charge in [-0.15, -0.1) is 0 Å². The third kappa shape index (κ3) is 4.11. The van der Waals surface area contributed by atoms with Crippen molar-refractivity contribution in [1.82, 2.24) is 10.1 Å². The number of anilines is 1. The number of likely N-dealkylation sites (N-methyl/N-ethyl adjacent to an activating group) is 1. The van der Waals surface area contributed by atoms with E-state index in [1.165, 1.54) is 4.90 Å². The molecule has 0 bridgehead atoms. The Kier molecular flexibility index (Phi) is 5.37. The van der Waals surface area contributed by atoms with Crippen LogP contribution in [0.2, 0.25) is 0 Å². The molecule has 26 heavy (non-hydrogen) atoms. The number of carbonyl (C=O) groups is 2. The number of aromatic nitrogens is 1. The van der Waals surface area contributed by atoms with E-state index in [9.17, 15) is 9.59 Å². The number of aryl methyl sites for hydroxylation is 1. The molecule has 1 heterocycles. The van der Waals surface area contributed by atoms with Gasteiger partial charge in [0.1, 0.15) is 5.69 Å². The van der Waals surface area contributed by atoms with Crippen molar-refractivity contribution < 1.29 is 14.1 Å². The number of hydrogen-bond acceptors (Lipinski definition) is 4. The van der Waals surface area contributed by atoms with Crippen molar-refractivity contribution in [2.75, 3.05) is 18.9 Å². The molecule has 0 saturated carbocycles. The summed E-state index contributed by atoms with van der Waals surface area (Å²) in [6, 6.07) is 13.0. The van der Waals surface area contributed by atoms with Gasteiger partial charge < -0.3 is 14.7 Å². The van der Waals surface area contributed by atoms with E-state index in [2.05, 4.69) is 26.4 Å². The first kappa shape index (κ1) is 18.1. The number of carbonyl (C=O) groups excluding carboxylic acids is 2. The second kappa shape index (κ2) is 7.70. The van der Waals surface area contributed by atoms with Crippen LogP contribution < -0.4 is 5.32 Å². The van der Waals surface area contributed by atoms with E-state index in [1.54, 1.807) is 13.1 Å². The first-order chi connectivity index (χ1) is 12.4. The molecule has 0 saturated heterocycles. The van der Waals surface area contributed by atoms with Crippen molar-refractivity contribution in [2.45, 2.75) is 13.3 Å². The van der Waals surface area contributed by atoms with E-state index < -0.39 is 0 Å². The zero-order chi connectivity index (χ0) is 18.7. The first-order valence-corrected chi connectivity index (χ1v) is 8.86. The van der Waals surface area contributed by atoms with Crippen LogP contribution in [-0.4, -0.2) is 35.5 Å². The van der Waals surface area contributed by atoms with E-state index >= 15 is 0 Å². The predicted octanol–water partition coefficient (Wildman–Crippen LogP) is 3.54. The summed E-state index contributed by atoms with van der Waals surface area (Å²) in [5.41, 5.74) is 2.88. The lowest BCUT2D eigenvalue weighted by Gasteiger charge is -2.17. The van der Waals surface area contributed by atoms with Crippen molar-refractivity contribution >= 4 is 44.4 Å². The fraction of sp³-hybridized carbons (Fsp3) is 0.211. The number of nitrogens with one attached hydrogen (secondary N) is 1. The van der Waals surface area contributed by atoms with Crippen molar-refractivity contribution in [3.8, 4) is 0 Å². The Hall–Kier alpha value is -2.67. The van der Waals surface area contributed by atoms with Gasteiger partial charge in [-0.2, -0.15) is 0 Å². The number of nitrogens with zero attached hydrogens (tertiary/aromatic N) is 2. The Morgan fingerprint density at radius 1 is 1.23 bits per heavy atom. The highest BCUT2D eigenvalue weighted by atomic mass is 79.9. The smallest absolute Gasteiger partial charge is 0.243 e. The minimum absolute atomic E-state index is 0.0376. The van der Waals surface area contributed by atoms with E-state index in [4.69, 9.17) is 4.52 Å². The van der Waals surface area contributed by atoms with Gasteiger partial charge in [-0.25, -0.2) is 0 Å². The zero-order valence-corrected chi connectivity index (χ0v) is 16.0. The van der Waals surface area contributed by atoms with Crippen LogP contribution in [0, 0.1) is 6.92 Å². The molecule has 0 aliphatic rings. The van der Waals surface area contributed by atoms with Gasteiger partial charge >= 0.3 is 0 Å². The summed E-state index contributed by atoms with van der Waals surface area (Å²) in [6.45, 7) is 1.87. The van der Waals surface area contributed by atoms with Gasteiger partial charge in [0, 0.05) is 22.6 Å². The second-order valence-electron chi connectivity index (χ2n) is 6.06. The van der Waals surface area contributed by atoms with E-state index in [0.717, 1.165) is 21.1 Å². The van der Waals surface area contributed by atoms with Crippen LogP contribution in [0.4, 0.5) is 5.69 Å². The molecule has 3 rings (SSSR count). The fourth-order valence-corrected chi connectivity index (χ4v) is 3.08. The number of fused-ring (bicyclic) bond motifs is 1. The molecule has 0 atom stereocenters. The summed E-state index contributed by atoms with van der Waals surface area (Å²) < 4.78 is 6.15. The van der Waals surface area contributed by atoms with E-state index in [-0.39, 0.29) is 24.8 Å². The molecular formula is C19H18BrN3O3. The molecule has 1 N–H and O–H groups in total. The average molecular weight is 416 g/mol. The number of rotatable bonds is 5. The predicted molar refractivity (Wildman–Crippen MR) is 103 cm³/mol. The maximum absolute atomic E-state index is 12.4. The van der Waals surface area contributed by atoms with Crippen molar-refractivity contribution in [3.05, 3.63) is 58.2 Å². The Bertz CT molecular complexity index is 968. The summed E-state index contributed by atoms with van der Waals surface area (Å²) >= 11 is 3.39. The zero-order valence-electron chi connectivity index (χ0n) is 14.5. The molecule has 1 aromatic heterocycles. The van der Waals surface area contributed by atoms with Crippen LogP contribution in [-0.2, 0) is 16.0 Å². The van der Waals surface area contributed by atoms with Gasteiger partial charge in [0.2, 0.25) is 11.8 Å². The molecule has 134 valence electrons. The lowest BCUT2D eigenvalue weighted by molar-refractivity contribution is -0.132. The molecule has 7 heteroatoms. The second-order valence-corrected chi connectivity index (χ2v) is 6.98. The van der Waals surface area contributed by atoms with Crippen LogP contribution >= 0.6 is 15.9 Å². The quantitative estimate of drug-likeness (QED) is 0.691. The number of para-hydroxylation sites is 1. The Balaban J connectivity index is 1.61. The molecule has 2 aromatic carbocycles. The highest BCUT2D eigenvalue weighted by molar-refractivity contribution is 9.10. The number of halogens is 1. The number of hydrogen-bond donors (Lipinski definition) is 1. The normalized spacial score (nSPS) is 10.7. The standard InChI is InChI=1S/C19H18BrN3O3/c1-12-9-13(20)7-8-15(12)21-18(24)11-23(2)19(25)10-16-14-5-3-4-6-17(14)26-22-16/h3-9H,10-11H2,1-2H3,(H,21,24). The maximum atomic E-state index is 12.4. The Morgan fingerprint density at radius 3 is 2.77 bits per heavy atom. The Labute approximate surface area is 159 Å². The van der Waals surface area contributed by atoms with Crippen molar-refractivity contribution in [1.29, 1.82) is 0 Å². The van der Waals surface area contributed by atoms with Gasteiger partial charge in [-0.1, -0.05) is 33.2 Å². The molecule has 0 aliphatic carbocycles. The molecule has 0 radical (unpaired) electrons. The van der Waals surface area contributed by atoms with Gasteiger partial charge in [-0.3, -0.25) is 9.59 Å². The molecular weight excluding hydrogens is 398 g/mol. The van der Waals surface area contributed by atoms with Crippen LogP contribution in [0.3, 0.4) is 0 Å². The monoisotopic (exact) mass is 415 g/mol. The molecule has 0 aliphatic heterocycles. The third-order valence-corrected chi connectivity index (χ3v) is 4.53.